The van der Waals surface area contributed by atoms with Crippen LogP contribution >= 0.6 is 45.5 Å². The van der Waals surface area contributed by atoms with Gasteiger partial charge in [0.1, 0.15) is 5.69 Å². The summed E-state index contributed by atoms with van der Waals surface area (Å²) in [7, 11) is 0. The van der Waals surface area contributed by atoms with Crippen LogP contribution in [0, 0.1) is 3.57 Å². The summed E-state index contributed by atoms with van der Waals surface area (Å²) in [5.74, 6) is 0. The van der Waals surface area contributed by atoms with E-state index >= 15 is 0 Å². The lowest BCUT2D eigenvalue weighted by Crippen LogP contribution is -2.29. The average molecular weight is 398 g/mol. The lowest BCUT2D eigenvalue weighted by Gasteiger charge is -1.99. The predicted octanol–water partition coefficient (Wildman–Crippen LogP) is 1.96. The Hall–Kier alpha value is -0.180. The largest absolute Gasteiger partial charge is 0.382 e. The zero-order chi connectivity index (χ0) is 9.26. The summed E-state index contributed by atoms with van der Waals surface area (Å²) in [5, 5.41) is 0. The molecule has 0 aliphatic rings. The lowest BCUT2D eigenvalue weighted by atomic mass is 10.4. The first-order chi connectivity index (χ1) is 6.29. The summed E-state index contributed by atoms with van der Waals surface area (Å²) in [5.41, 5.74) is 1.10. The van der Waals surface area contributed by atoms with Gasteiger partial charge in [-0.2, -0.15) is 0 Å². The molecule has 3 nitrogen and oxygen atoms in total. The third-order valence-corrected chi connectivity index (χ3v) is 3.34. The standard InChI is InChI=1S/C8H6I2N3/c9-7-2-3-11-6-8(7)12-4-1-5-13(12)10/h1-6H/q+1. The van der Waals surface area contributed by atoms with E-state index in [9.17, 15) is 0 Å². The first-order valence-electron chi connectivity index (χ1n) is 3.64. The predicted molar refractivity (Wildman–Crippen MR) is 65.9 cm³/mol. The Kier molecular flexibility index (Phi) is 2.82. The highest BCUT2D eigenvalue weighted by Gasteiger charge is 2.09. The van der Waals surface area contributed by atoms with Crippen LogP contribution < -0.4 is 2.90 Å². The number of halogens is 2. The van der Waals surface area contributed by atoms with E-state index in [-0.39, 0.29) is 0 Å². The van der Waals surface area contributed by atoms with Crippen molar-refractivity contribution in [3.63, 3.8) is 0 Å². The van der Waals surface area contributed by atoms with Crippen LogP contribution in [0.3, 0.4) is 0 Å². The number of nitrogens with zero attached hydrogens (tertiary/aromatic N) is 3. The molecule has 0 radical (unpaired) electrons. The molecule has 0 fully saturated rings. The minimum absolute atomic E-state index is 1.10. The lowest BCUT2D eigenvalue weighted by molar-refractivity contribution is -0.531. The molecule has 0 aromatic carbocycles. The van der Waals surface area contributed by atoms with E-state index in [0.717, 1.165) is 5.69 Å². The van der Waals surface area contributed by atoms with E-state index in [0.29, 0.717) is 0 Å². The summed E-state index contributed by atoms with van der Waals surface area (Å²) >= 11 is 4.52. The SMILES string of the molecule is Ic1ccncc1-n1ccc[n+]1I. The smallest absolute Gasteiger partial charge is 0.262 e. The summed E-state index contributed by atoms with van der Waals surface area (Å²) in [6.45, 7) is 0. The van der Waals surface area contributed by atoms with Gasteiger partial charge >= 0.3 is 22.9 Å². The molecule has 0 bridgehead atoms. The number of hydrogen-bond donors (Lipinski definition) is 0. The van der Waals surface area contributed by atoms with Crippen LogP contribution in [-0.4, -0.2) is 9.67 Å². The van der Waals surface area contributed by atoms with Gasteiger partial charge in [0.25, 0.3) is 0 Å². The van der Waals surface area contributed by atoms with Crippen molar-refractivity contribution in [2.75, 3.05) is 0 Å². The van der Waals surface area contributed by atoms with Gasteiger partial charge in [0.2, 0.25) is 6.20 Å². The third-order valence-electron chi connectivity index (χ3n) is 1.64. The molecular formula is C8H6I2N3+. The molecule has 0 saturated heterocycles. The van der Waals surface area contributed by atoms with Crippen LogP contribution in [0.2, 0.25) is 0 Å². The molecule has 66 valence electrons. The Bertz CT molecular complexity index is 425. The van der Waals surface area contributed by atoms with Gasteiger partial charge in [-0.3, -0.25) is 4.98 Å². The molecule has 2 aromatic rings. The van der Waals surface area contributed by atoms with Gasteiger partial charge in [-0.15, -0.1) is 4.68 Å². The van der Waals surface area contributed by atoms with Gasteiger partial charge in [-0.05, 0) is 31.6 Å². The first kappa shape index (κ1) is 9.38. The fraction of sp³-hybridized carbons (Fsp3) is 0. The van der Waals surface area contributed by atoms with Crippen molar-refractivity contribution >= 4 is 45.5 Å². The zero-order valence-electron chi connectivity index (χ0n) is 6.56. The van der Waals surface area contributed by atoms with Crippen molar-refractivity contribution in [3.8, 4) is 5.69 Å². The molecule has 5 heteroatoms. The number of aromatic nitrogens is 3. The molecule has 0 saturated carbocycles. The Morgan fingerprint density at radius 3 is 2.92 bits per heavy atom. The minimum Gasteiger partial charge on any atom is -0.262 e. The monoisotopic (exact) mass is 398 g/mol. The van der Waals surface area contributed by atoms with E-state index in [1.807, 2.05) is 38.3 Å². The molecule has 0 N–H and O–H groups in total. The van der Waals surface area contributed by atoms with Gasteiger partial charge in [0, 0.05) is 15.8 Å². The maximum absolute atomic E-state index is 4.10. The van der Waals surface area contributed by atoms with Gasteiger partial charge < -0.3 is 0 Å². The summed E-state index contributed by atoms with van der Waals surface area (Å²) in [6.07, 6.45) is 7.65. The molecular weight excluding hydrogens is 392 g/mol. The topological polar surface area (TPSA) is 21.7 Å². The highest BCUT2D eigenvalue weighted by molar-refractivity contribution is 14.1. The molecule has 0 atom stereocenters. The molecule has 0 spiro atoms. The second-order valence-electron chi connectivity index (χ2n) is 2.45. The van der Waals surface area contributed by atoms with E-state index in [1.54, 1.807) is 6.20 Å². The van der Waals surface area contributed by atoms with Crippen molar-refractivity contribution < 1.29 is 2.90 Å². The van der Waals surface area contributed by atoms with Crippen LogP contribution in [0.5, 0.6) is 0 Å². The first-order valence-corrected chi connectivity index (χ1v) is 5.69. The Morgan fingerprint density at radius 1 is 1.46 bits per heavy atom. The number of hydrogen-bond acceptors (Lipinski definition) is 1. The van der Waals surface area contributed by atoms with Crippen LogP contribution in [0.15, 0.2) is 36.9 Å². The van der Waals surface area contributed by atoms with Gasteiger partial charge in [-0.1, -0.05) is 0 Å². The highest BCUT2D eigenvalue weighted by Crippen LogP contribution is 2.13. The van der Waals surface area contributed by atoms with Gasteiger partial charge in [0.05, 0.1) is 12.4 Å². The van der Waals surface area contributed by atoms with Crippen molar-refractivity contribution in [3.05, 3.63) is 40.5 Å². The van der Waals surface area contributed by atoms with E-state index in [4.69, 9.17) is 0 Å². The third kappa shape index (κ3) is 1.85. The normalized spacial score (nSPS) is 10.3. The summed E-state index contributed by atoms with van der Waals surface area (Å²) in [6, 6.07) is 3.99. The maximum Gasteiger partial charge on any atom is 0.382 e. The number of rotatable bonds is 1. The number of pyridine rings is 1. The van der Waals surface area contributed by atoms with Crippen molar-refractivity contribution in [1.82, 2.24) is 9.67 Å². The van der Waals surface area contributed by atoms with E-state index in [1.165, 1.54) is 3.57 Å². The average Bonchev–Trinajstić information content (AvgIpc) is 2.52. The molecule has 2 heterocycles. The molecule has 0 aliphatic heterocycles. The quantitative estimate of drug-likeness (QED) is 0.674. The zero-order valence-corrected chi connectivity index (χ0v) is 10.9. The van der Waals surface area contributed by atoms with Crippen LogP contribution in [-0.2, 0) is 0 Å². The van der Waals surface area contributed by atoms with E-state index in [2.05, 4.69) is 50.4 Å². The second kappa shape index (κ2) is 3.91. The molecule has 2 aromatic heterocycles. The molecule has 0 aliphatic carbocycles. The van der Waals surface area contributed by atoms with Gasteiger partial charge in [-0.25, -0.2) is 0 Å². The molecule has 13 heavy (non-hydrogen) atoms. The molecule has 0 unspecified atom stereocenters. The van der Waals surface area contributed by atoms with Crippen LogP contribution in [0.25, 0.3) is 5.69 Å². The Labute approximate surface area is 103 Å². The Balaban J connectivity index is 2.59. The van der Waals surface area contributed by atoms with Crippen molar-refractivity contribution in [1.29, 1.82) is 0 Å². The maximum atomic E-state index is 4.10. The second-order valence-corrected chi connectivity index (χ2v) is 4.60. The molecule has 2 rings (SSSR count). The minimum atomic E-state index is 1.10. The van der Waals surface area contributed by atoms with Crippen LogP contribution in [0.4, 0.5) is 0 Å². The van der Waals surface area contributed by atoms with Gasteiger partial charge in [0.15, 0.2) is 0 Å². The van der Waals surface area contributed by atoms with E-state index < -0.39 is 0 Å². The van der Waals surface area contributed by atoms with Crippen LogP contribution in [0.1, 0.15) is 0 Å². The fourth-order valence-corrected chi connectivity index (χ4v) is 2.16. The van der Waals surface area contributed by atoms with Crippen molar-refractivity contribution in [2.45, 2.75) is 0 Å². The summed E-state index contributed by atoms with van der Waals surface area (Å²) in [4.78, 5) is 4.10. The fourth-order valence-electron chi connectivity index (χ4n) is 1.05. The highest BCUT2D eigenvalue weighted by atomic mass is 127. The molecule has 0 amide bonds. The van der Waals surface area contributed by atoms with Crippen molar-refractivity contribution in [2.24, 2.45) is 0 Å². The summed E-state index contributed by atoms with van der Waals surface area (Å²) < 4.78 is 5.21. The Morgan fingerprint density at radius 2 is 2.31 bits per heavy atom.